The molecule has 0 spiro atoms. The van der Waals surface area contributed by atoms with Crippen molar-refractivity contribution in [3.05, 3.63) is 77.1 Å². The highest BCUT2D eigenvalue weighted by Gasteiger charge is 2.03. The van der Waals surface area contributed by atoms with Crippen LogP contribution in [0.3, 0.4) is 0 Å². The molecule has 2 aromatic carbocycles. The second-order valence-electron chi connectivity index (χ2n) is 4.08. The lowest BCUT2D eigenvalue weighted by atomic mass is 10.1. The number of allylic oxidation sites excluding steroid dienone is 1. The second-order valence-corrected chi connectivity index (χ2v) is 4.08. The van der Waals surface area contributed by atoms with Gasteiger partial charge in [0.1, 0.15) is 5.82 Å². The van der Waals surface area contributed by atoms with E-state index in [0.717, 1.165) is 0 Å². The Morgan fingerprint density at radius 1 is 1.00 bits per heavy atom. The molecule has 0 unspecified atom stereocenters. The van der Waals surface area contributed by atoms with Gasteiger partial charge in [-0.05, 0) is 35.9 Å². The van der Waals surface area contributed by atoms with Gasteiger partial charge in [0.2, 0.25) is 0 Å². The number of carboxylic acids is 1. The van der Waals surface area contributed by atoms with E-state index in [4.69, 9.17) is 0 Å². The van der Waals surface area contributed by atoms with Gasteiger partial charge in [0.25, 0.3) is 0 Å². The molecule has 0 fully saturated rings. The molecular weight excluding hydrogens is 259 g/mol. The standard InChI is InChI=1S/C16H11FO3/c17-13-8-5-12(6-9-13)15(18)10-7-11-3-1-2-4-14(11)16(19)20/h1-10H,(H,19,20)/p-1/b10-7+. The van der Waals surface area contributed by atoms with E-state index >= 15 is 0 Å². The summed E-state index contributed by atoms with van der Waals surface area (Å²) in [5.41, 5.74) is 0.715. The van der Waals surface area contributed by atoms with Crippen molar-refractivity contribution in [1.29, 1.82) is 0 Å². The van der Waals surface area contributed by atoms with E-state index in [1.165, 1.54) is 42.5 Å². The molecule has 2 rings (SSSR count). The molecule has 0 aliphatic heterocycles. The minimum absolute atomic E-state index is 0.00987. The van der Waals surface area contributed by atoms with Crippen LogP contribution in [0.1, 0.15) is 26.3 Å². The number of carbonyl (C=O) groups excluding carboxylic acids is 2. The van der Waals surface area contributed by atoms with Crippen LogP contribution >= 0.6 is 0 Å². The minimum atomic E-state index is -1.31. The number of aromatic carboxylic acids is 1. The molecule has 0 N–H and O–H groups in total. The number of rotatable bonds is 4. The maximum absolute atomic E-state index is 12.7. The van der Waals surface area contributed by atoms with Crippen molar-refractivity contribution >= 4 is 17.8 Å². The Hall–Kier alpha value is -2.75. The first kappa shape index (κ1) is 13.7. The molecule has 100 valence electrons. The molecule has 0 bridgehead atoms. The maximum atomic E-state index is 12.7. The third-order valence-electron chi connectivity index (χ3n) is 2.72. The molecule has 0 aliphatic rings. The van der Waals surface area contributed by atoms with Crippen LogP contribution in [0.4, 0.5) is 4.39 Å². The van der Waals surface area contributed by atoms with Gasteiger partial charge in [-0.3, -0.25) is 4.79 Å². The molecule has 0 radical (unpaired) electrons. The zero-order valence-electron chi connectivity index (χ0n) is 10.4. The normalized spacial score (nSPS) is 10.7. The van der Waals surface area contributed by atoms with E-state index in [9.17, 15) is 19.1 Å². The van der Waals surface area contributed by atoms with E-state index in [0.29, 0.717) is 11.1 Å². The van der Waals surface area contributed by atoms with Gasteiger partial charge in [-0.15, -0.1) is 0 Å². The minimum Gasteiger partial charge on any atom is -0.545 e. The van der Waals surface area contributed by atoms with Gasteiger partial charge in [-0.25, -0.2) is 4.39 Å². The van der Waals surface area contributed by atoms with Gasteiger partial charge in [-0.2, -0.15) is 0 Å². The molecule has 20 heavy (non-hydrogen) atoms. The number of carboxylic acid groups (broad SMARTS) is 1. The van der Waals surface area contributed by atoms with Crippen molar-refractivity contribution in [1.82, 2.24) is 0 Å². The smallest absolute Gasteiger partial charge is 0.185 e. The third-order valence-corrected chi connectivity index (χ3v) is 2.72. The molecular formula is C16H10FO3-. The maximum Gasteiger partial charge on any atom is 0.185 e. The van der Waals surface area contributed by atoms with Gasteiger partial charge in [-0.1, -0.05) is 30.3 Å². The van der Waals surface area contributed by atoms with Gasteiger partial charge in [0, 0.05) is 11.1 Å². The summed E-state index contributed by atoms with van der Waals surface area (Å²) in [5.74, 6) is -2.06. The number of carbonyl (C=O) groups is 2. The van der Waals surface area contributed by atoms with E-state index in [1.807, 2.05) is 0 Å². The van der Waals surface area contributed by atoms with Crippen molar-refractivity contribution < 1.29 is 19.1 Å². The van der Waals surface area contributed by atoms with Crippen LogP contribution in [-0.4, -0.2) is 11.8 Å². The predicted molar refractivity (Wildman–Crippen MR) is 70.5 cm³/mol. The molecule has 2 aromatic rings. The van der Waals surface area contributed by atoms with Crippen molar-refractivity contribution in [3.63, 3.8) is 0 Å². The first-order valence-corrected chi connectivity index (χ1v) is 5.86. The highest BCUT2D eigenvalue weighted by molar-refractivity contribution is 6.07. The first-order valence-electron chi connectivity index (χ1n) is 5.86. The average Bonchev–Trinajstić information content (AvgIpc) is 2.45. The number of benzene rings is 2. The summed E-state index contributed by atoms with van der Waals surface area (Å²) in [5, 5.41) is 10.9. The summed E-state index contributed by atoms with van der Waals surface area (Å²) < 4.78 is 12.7. The summed E-state index contributed by atoms with van der Waals surface area (Å²) in [6.45, 7) is 0. The van der Waals surface area contributed by atoms with E-state index in [1.54, 1.807) is 18.2 Å². The number of ketones is 1. The van der Waals surface area contributed by atoms with Crippen molar-refractivity contribution in [2.75, 3.05) is 0 Å². The fourth-order valence-corrected chi connectivity index (χ4v) is 1.70. The van der Waals surface area contributed by atoms with Gasteiger partial charge in [0.15, 0.2) is 5.78 Å². The van der Waals surface area contributed by atoms with E-state index in [-0.39, 0.29) is 11.3 Å². The van der Waals surface area contributed by atoms with Gasteiger partial charge in [0.05, 0.1) is 5.97 Å². The molecule has 0 heterocycles. The fourth-order valence-electron chi connectivity index (χ4n) is 1.70. The van der Waals surface area contributed by atoms with Crippen molar-refractivity contribution in [3.8, 4) is 0 Å². The average molecular weight is 269 g/mol. The molecule has 3 nitrogen and oxygen atoms in total. The lowest BCUT2D eigenvalue weighted by Gasteiger charge is -2.05. The van der Waals surface area contributed by atoms with Crippen molar-refractivity contribution in [2.45, 2.75) is 0 Å². The summed E-state index contributed by atoms with van der Waals surface area (Å²) in [6.07, 6.45) is 2.64. The number of hydrogen-bond acceptors (Lipinski definition) is 3. The SMILES string of the molecule is O=C(/C=C/c1ccccc1C(=O)[O-])c1ccc(F)cc1. The molecule has 0 saturated carbocycles. The Balaban J connectivity index is 2.23. The Kier molecular flexibility index (Phi) is 4.05. The molecule has 4 heteroatoms. The van der Waals surface area contributed by atoms with Crippen LogP contribution in [-0.2, 0) is 0 Å². The topological polar surface area (TPSA) is 57.2 Å². The summed E-state index contributed by atoms with van der Waals surface area (Å²) in [6, 6.07) is 11.3. The van der Waals surface area contributed by atoms with Crippen LogP contribution in [0.5, 0.6) is 0 Å². The van der Waals surface area contributed by atoms with E-state index < -0.39 is 11.8 Å². The molecule has 0 aliphatic carbocycles. The van der Waals surface area contributed by atoms with E-state index in [2.05, 4.69) is 0 Å². The Bertz CT molecular complexity index is 672. The zero-order valence-corrected chi connectivity index (χ0v) is 10.4. The number of hydrogen-bond donors (Lipinski definition) is 0. The molecule has 0 saturated heterocycles. The highest BCUT2D eigenvalue weighted by atomic mass is 19.1. The Labute approximate surface area is 115 Å². The number of halogens is 1. The van der Waals surface area contributed by atoms with Crippen LogP contribution < -0.4 is 5.11 Å². The molecule has 0 amide bonds. The summed E-state index contributed by atoms with van der Waals surface area (Å²) in [7, 11) is 0. The van der Waals surface area contributed by atoms with Gasteiger partial charge >= 0.3 is 0 Å². The fraction of sp³-hybridized carbons (Fsp3) is 0. The van der Waals surface area contributed by atoms with Crippen LogP contribution in [0.15, 0.2) is 54.6 Å². The molecule has 0 aromatic heterocycles. The third kappa shape index (κ3) is 3.17. The predicted octanol–water partition coefficient (Wildman–Crippen LogP) is 2.09. The largest absolute Gasteiger partial charge is 0.545 e. The summed E-state index contributed by atoms with van der Waals surface area (Å²) in [4.78, 5) is 22.7. The Morgan fingerprint density at radius 2 is 1.65 bits per heavy atom. The quantitative estimate of drug-likeness (QED) is 0.630. The zero-order chi connectivity index (χ0) is 14.5. The van der Waals surface area contributed by atoms with Crippen LogP contribution in [0.2, 0.25) is 0 Å². The van der Waals surface area contributed by atoms with Crippen LogP contribution in [0, 0.1) is 5.82 Å². The lowest BCUT2D eigenvalue weighted by Crippen LogP contribution is -2.23. The van der Waals surface area contributed by atoms with Crippen molar-refractivity contribution in [2.24, 2.45) is 0 Å². The first-order chi connectivity index (χ1) is 9.58. The van der Waals surface area contributed by atoms with Crippen LogP contribution in [0.25, 0.3) is 6.08 Å². The lowest BCUT2D eigenvalue weighted by molar-refractivity contribution is -0.255. The molecule has 0 atom stereocenters. The highest BCUT2D eigenvalue weighted by Crippen LogP contribution is 2.11. The monoisotopic (exact) mass is 269 g/mol. The van der Waals surface area contributed by atoms with Gasteiger partial charge < -0.3 is 9.90 Å². The second kappa shape index (κ2) is 5.93. The Morgan fingerprint density at radius 3 is 2.30 bits per heavy atom. The summed E-state index contributed by atoms with van der Waals surface area (Å²) >= 11 is 0.